The van der Waals surface area contributed by atoms with Crippen LogP contribution in [0, 0.1) is 12.8 Å². The fraction of sp³-hybridized carbons (Fsp3) is 0.526. The number of hydrogen-bond donors (Lipinski definition) is 0. The van der Waals surface area contributed by atoms with Crippen molar-refractivity contribution in [1.82, 2.24) is 9.88 Å². The van der Waals surface area contributed by atoms with E-state index in [0.29, 0.717) is 0 Å². The Morgan fingerprint density at radius 3 is 2.82 bits per heavy atom. The Kier molecular flexibility index (Phi) is 6.66. The lowest BCUT2D eigenvalue weighted by Crippen LogP contribution is -2.21. The monoisotopic (exact) mass is 318 g/mol. The molecule has 1 aromatic heterocycles. The van der Waals surface area contributed by atoms with Gasteiger partial charge in [-0.1, -0.05) is 31.9 Å². The molecule has 1 atom stereocenters. The molecule has 1 saturated heterocycles. The maximum absolute atomic E-state index is 5.96. The van der Waals surface area contributed by atoms with Crippen LogP contribution >= 0.6 is 11.6 Å². The number of aryl methyl sites for hydroxylation is 1. The Bertz CT molecular complexity index is 557. The van der Waals surface area contributed by atoms with Gasteiger partial charge in [0.2, 0.25) is 0 Å². The minimum Gasteiger partial charge on any atom is -0.303 e. The summed E-state index contributed by atoms with van der Waals surface area (Å²) in [5.41, 5.74) is 1.11. The number of hydrogen-bond acceptors (Lipinski definition) is 2. The molecule has 1 aromatic carbocycles. The van der Waals surface area contributed by atoms with Gasteiger partial charge >= 0.3 is 0 Å². The molecule has 1 fully saturated rings. The number of pyridine rings is 1. The van der Waals surface area contributed by atoms with Crippen LogP contribution < -0.4 is 0 Å². The molecule has 0 aliphatic carbocycles. The van der Waals surface area contributed by atoms with Gasteiger partial charge in [-0.05, 0) is 67.9 Å². The summed E-state index contributed by atoms with van der Waals surface area (Å²) in [7, 11) is 0. The molecule has 0 bridgehead atoms. The van der Waals surface area contributed by atoms with Crippen LogP contribution in [-0.2, 0) is 0 Å². The molecular weight excluding hydrogens is 292 g/mol. The molecular formula is C19H27ClN2. The highest BCUT2D eigenvalue weighted by molar-refractivity contribution is 6.32. The first-order chi connectivity index (χ1) is 10.6. The fourth-order valence-corrected chi connectivity index (χ4v) is 3.01. The van der Waals surface area contributed by atoms with E-state index in [1.165, 1.54) is 44.3 Å². The topological polar surface area (TPSA) is 16.1 Å². The van der Waals surface area contributed by atoms with E-state index >= 15 is 0 Å². The van der Waals surface area contributed by atoms with Gasteiger partial charge in [0, 0.05) is 29.3 Å². The van der Waals surface area contributed by atoms with Crippen molar-refractivity contribution < 1.29 is 0 Å². The highest BCUT2D eigenvalue weighted by atomic mass is 35.5. The van der Waals surface area contributed by atoms with E-state index < -0.39 is 0 Å². The molecule has 0 saturated carbocycles. The lowest BCUT2D eigenvalue weighted by atomic mass is 10.1. The van der Waals surface area contributed by atoms with Crippen LogP contribution in [0.1, 0.15) is 38.7 Å². The van der Waals surface area contributed by atoms with E-state index in [1.807, 2.05) is 25.3 Å². The van der Waals surface area contributed by atoms with Crippen LogP contribution in [0.5, 0.6) is 0 Å². The maximum atomic E-state index is 5.96. The molecule has 0 radical (unpaired) electrons. The molecule has 3 rings (SSSR count). The summed E-state index contributed by atoms with van der Waals surface area (Å²) in [6.07, 6.45) is 7.75. The Hall–Kier alpha value is -1.12. The van der Waals surface area contributed by atoms with Crippen LogP contribution in [0.25, 0.3) is 10.8 Å². The molecule has 2 nitrogen and oxygen atoms in total. The highest BCUT2D eigenvalue weighted by Gasteiger charge is 2.16. The SMILES string of the molecule is CCCCN1CCC(C)C1.Cc1cc2ccncc2cc1Cl. The average Bonchev–Trinajstić information content (AvgIpc) is 2.92. The Balaban J connectivity index is 0.000000164. The van der Waals surface area contributed by atoms with Crippen LogP contribution in [-0.4, -0.2) is 29.5 Å². The summed E-state index contributed by atoms with van der Waals surface area (Å²) < 4.78 is 0. The van der Waals surface area contributed by atoms with Gasteiger partial charge in [-0.15, -0.1) is 0 Å². The van der Waals surface area contributed by atoms with Crippen molar-refractivity contribution in [3.05, 3.63) is 41.2 Å². The zero-order valence-electron chi connectivity index (χ0n) is 14.0. The molecule has 0 spiro atoms. The van der Waals surface area contributed by atoms with Crippen LogP contribution in [0.2, 0.25) is 5.02 Å². The van der Waals surface area contributed by atoms with Crippen molar-refractivity contribution >= 4 is 22.4 Å². The molecule has 22 heavy (non-hydrogen) atoms. The largest absolute Gasteiger partial charge is 0.303 e. The van der Waals surface area contributed by atoms with Gasteiger partial charge in [0.05, 0.1) is 0 Å². The number of likely N-dealkylation sites (tertiary alicyclic amines) is 1. The van der Waals surface area contributed by atoms with Gasteiger partial charge < -0.3 is 4.90 Å². The summed E-state index contributed by atoms with van der Waals surface area (Å²) >= 11 is 5.96. The number of nitrogens with zero attached hydrogens (tertiary/aromatic N) is 2. The first kappa shape index (κ1) is 17.2. The van der Waals surface area contributed by atoms with Crippen molar-refractivity contribution in [2.24, 2.45) is 5.92 Å². The van der Waals surface area contributed by atoms with Gasteiger partial charge in [-0.2, -0.15) is 0 Å². The second-order valence-electron chi connectivity index (χ2n) is 6.37. The first-order valence-corrected chi connectivity index (χ1v) is 8.70. The maximum Gasteiger partial charge on any atom is 0.0442 e. The highest BCUT2D eigenvalue weighted by Crippen LogP contribution is 2.22. The zero-order valence-corrected chi connectivity index (χ0v) is 14.7. The van der Waals surface area contributed by atoms with Crippen LogP contribution in [0.4, 0.5) is 0 Å². The van der Waals surface area contributed by atoms with Gasteiger partial charge in [0.15, 0.2) is 0 Å². The summed E-state index contributed by atoms with van der Waals surface area (Å²) in [6, 6.07) is 6.00. The Labute approximate surface area is 139 Å². The second kappa shape index (κ2) is 8.50. The van der Waals surface area contributed by atoms with Gasteiger partial charge in [0.25, 0.3) is 0 Å². The summed E-state index contributed by atoms with van der Waals surface area (Å²) in [6.45, 7) is 10.6. The first-order valence-electron chi connectivity index (χ1n) is 8.32. The molecule has 1 aliphatic rings. The number of benzene rings is 1. The molecule has 3 heteroatoms. The Morgan fingerprint density at radius 1 is 1.32 bits per heavy atom. The molecule has 0 N–H and O–H groups in total. The predicted octanol–water partition coefficient (Wildman–Crippen LogP) is 5.32. The molecule has 2 heterocycles. The van der Waals surface area contributed by atoms with Gasteiger partial charge in [0.1, 0.15) is 0 Å². The van der Waals surface area contributed by atoms with Gasteiger partial charge in [-0.25, -0.2) is 0 Å². The van der Waals surface area contributed by atoms with E-state index in [4.69, 9.17) is 11.6 Å². The lowest BCUT2D eigenvalue weighted by Gasteiger charge is -2.13. The number of halogens is 1. The smallest absolute Gasteiger partial charge is 0.0442 e. The van der Waals surface area contributed by atoms with Crippen molar-refractivity contribution in [3.63, 3.8) is 0 Å². The van der Waals surface area contributed by atoms with Gasteiger partial charge in [-0.3, -0.25) is 4.98 Å². The van der Waals surface area contributed by atoms with Crippen molar-refractivity contribution in [1.29, 1.82) is 0 Å². The van der Waals surface area contributed by atoms with E-state index in [0.717, 1.165) is 21.9 Å². The molecule has 0 amide bonds. The van der Waals surface area contributed by atoms with E-state index in [1.54, 1.807) is 6.20 Å². The summed E-state index contributed by atoms with van der Waals surface area (Å²) in [5.74, 6) is 0.955. The lowest BCUT2D eigenvalue weighted by molar-refractivity contribution is 0.322. The summed E-state index contributed by atoms with van der Waals surface area (Å²) in [4.78, 5) is 6.62. The average molecular weight is 319 g/mol. The van der Waals surface area contributed by atoms with E-state index in [9.17, 15) is 0 Å². The number of rotatable bonds is 3. The van der Waals surface area contributed by atoms with Crippen molar-refractivity contribution in [2.45, 2.75) is 40.0 Å². The van der Waals surface area contributed by atoms with E-state index in [-0.39, 0.29) is 0 Å². The quantitative estimate of drug-likeness (QED) is 0.761. The fourth-order valence-electron chi connectivity index (χ4n) is 2.83. The number of unbranched alkanes of at least 4 members (excludes halogenated alkanes) is 1. The standard InChI is InChI=1S/C10H8ClN.C9H19N/c1-7-4-8-2-3-12-6-9(8)5-10(7)11;1-3-4-6-10-7-5-9(2)8-10/h2-6H,1H3;9H,3-8H2,1-2H3. The summed E-state index contributed by atoms with van der Waals surface area (Å²) in [5, 5.41) is 3.08. The molecule has 2 aromatic rings. The third-order valence-electron chi connectivity index (χ3n) is 4.25. The molecule has 1 aliphatic heterocycles. The molecule has 120 valence electrons. The normalized spacial score (nSPS) is 18.3. The molecule has 1 unspecified atom stereocenters. The third kappa shape index (κ3) is 4.96. The second-order valence-corrected chi connectivity index (χ2v) is 6.78. The number of fused-ring (bicyclic) bond motifs is 1. The minimum absolute atomic E-state index is 0.801. The van der Waals surface area contributed by atoms with E-state index in [2.05, 4.69) is 29.8 Å². The van der Waals surface area contributed by atoms with Crippen molar-refractivity contribution in [2.75, 3.05) is 19.6 Å². The van der Waals surface area contributed by atoms with Crippen LogP contribution in [0.15, 0.2) is 30.6 Å². The minimum atomic E-state index is 0.801. The third-order valence-corrected chi connectivity index (χ3v) is 4.66. The van der Waals surface area contributed by atoms with Crippen LogP contribution in [0.3, 0.4) is 0 Å². The van der Waals surface area contributed by atoms with Crippen molar-refractivity contribution in [3.8, 4) is 0 Å². The number of aromatic nitrogens is 1. The Morgan fingerprint density at radius 2 is 2.14 bits per heavy atom. The predicted molar refractivity (Wildman–Crippen MR) is 96.6 cm³/mol. The zero-order chi connectivity index (χ0) is 15.9.